The molecule has 0 spiro atoms. The third-order valence-corrected chi connectivity index (χ3v) is 3.57. The molecule has 1 amide bonds. The first-order valence-electron chi connectivity index (χ1n) is 6.40. The molecule has 5 heteroatoms. The van der Waals surface area contributed by atoms with Crippen molar-refractivity contribution in [3.05, 3.63) is 35.4 Å². The summed E-state index contributed by atoms with van der Waals surface area (Å²) in [6, 6.07) is 6.15. The van der Waals surface area contributed by atoms with Crippen LogP contribution >= 0.6 is 0 Å². The molecular formula is C14H18N2O3. The highest BCUT2D eigenvalue weighted by Gasteiger charge is 2.35. The Morgan fingerprint density at radius 3 is 2.63 bits per heavy atom. The zero-order valence-corrected chi connectivity index (χ0v) is 10.9. The number of carbonyl (C=O) groups excluding carboxylic acids is 1. The zero-order valence-electron chi connectivity index (χ0n) is 10.9. The molecule has 3 N–H and O–H groups in total. The van der Waals surface area contributed by atoms with E-state index in [1.807, 2.05) is 31.2 Å². The molecule has 1 aromatic carbocycles. The molecule has 5 nitrogen and oxygen atoms in total. The lowest BCUT2D eigenvalue weighted by Crippen LogP contribution is -2.53. The van der Waals surface area contributed by atoms with E-state index < -0.39 is 18.1 Å². The Balaban J connectivity index is 2.31. The molecule has 2 rings (SSSR count). The SMILES string of the molecule is CC[C@@H](N)C(=O)N1Cc2ccccc2CC1C(=O)O. The van der Waals surface area contributed by atoms with Gasteiger partial charge in [-0.1, -0.05) is 31.2 Å². The maximum atomic E-state index is 12.2. The number of nitrogens with two attached hydrogens (primary N) is 1. The van der Waals surface area contributed by atoms with Crippen LogP contribution in [0.15, 0.2) is 24.3 Å². The highest BCUT2D eigenvalue weighted by molar-refractivity contribution is 5.87. The lowest BCUT2D eigenvalue weighted by Gasteiger charge is -2.35. The first-order chi connectivity index (χ1) is 9.04. The number of carboxylic acids is 1. The van der Waals surface area contributed by atoms with Crippen molar-refractivity contribution in [1.82, 2.24) is 4.90 Å². The van der Waals surface area contributed by atoms with Crippen LogP contribution in [0.3, 0.4) is 0 Å². The van der Waals surface area contributed by atoms with Crippen LogP contribution in [0.5, 0.6) is 0 Å². The Labute approximate surface area is 112 Å². The molecule has 0 fully saturated rings. The standard InChI is InChI=1S/C14H18N2O3/c1-2-11(15)13(17)16-8-10-6-4-3-5-9(10)7-12(16)14(18)19/h3-6,11-12H,2,7-8,15H2,1H3,(H,18,19)/t11-,12?/m1/s1. The van der Waals surface area contributed by atoms with Gasteiger partial charge in [0.2, 0.25) is 5.91 Å². The fraction of sp³-hybridized carbons (Fsp3) is 0.429. The third kappa shape index (κ3) is 2.61. The van der Waals surface area contributed by atoms with Crippen molar-refractivity contribution < 1.29 is 14.7 Å². The van der Waals surface area contributed by atoms with Crippen molar-refractivity contribution in [3.8, 4) is 0 Å². The number of hydrogen-bond donors (Lipinski definition) is 2. The number of nitrogens with zero attached hydrogens (tertiary/aromatic N) is 1. The summed E-state index contributed by atoms with van der Waals surface area (Å²) >= 11 is 0. The van der Waals surface area contributed by atoms with Crippen LogP contribution in [0, 0.1) is 0 Å². The second kappa shape index (κ2) is 5.40. The van der Waals surface area contributed by atoms with Gasteiger partial charge in [0.15, 0.2) is 0 Å². The second-order valence-corrected chi connectivity index (χ2v) is 4.81. The highest BCUT2D eigenvalue weighted by Crippen LogP contribution is 2.24. The molecular weight excluding hydrogens is 244 g/mol. The first-order valence-corrected chi connectivity index (χ1v) is 6.40. The zero-order chi connectivity index (χ0) is 14.0. The van der Waals surface area contributed by atoms with Gasteiger partial charge in [0.25, 0.3) is 0 Å². The average molecular weight is 262 g/mol. The summed E-state index contributed by atoms with van der Waals surface area (Å²) in [4.78, 5) is 24.9. The average Bonchev–Trinajstić information content (AvgIpc) is 2.44. The number of carboxylic acid groups (broad SMARTS) is 1. The van der Waals surface area contributed by atoms with Crippen LogP contribution in [0.2, 0.25) is 0 Å². The van der Waals surface area contributed by atoms with E-state index in [1.165, 1.54) is 4.90 Å². The maximum absolute atomic E-state index is 12.2. The molecule has 1 aliphatic rings. The van der Waals surface area contributed by atoms with E-state index >= 15 is 0 Å². The van der Waals surface area contributed by atoms with Crippen molar-refractivity contribution in [2.45, 2.75) is 38.4 Å². The van der Waals surface area contributed by atoms with Gasteiger partial charge in [-0.05, 0) is 17.5 Å². The molecule has 1 unspecified atom stereocenters. The minimum absolute atomic E-state index is 0.288. The van der Waals surface area contributed by atoms with Crippen LogP contribution in [0.4, 0.5) is 0 Å². The minimum atomic E-state index is -0.980. The van der Waals surface area contributed by atoms with Gasteiger partial charge in [-0.25, -0.2) is 4.79 Å². The fourth-order valence-electron chi connectivity index (χ4n) is 2.36. The Hall–Kier alpha value is -1.88. The number of aliphatic carboxylic acids is 1. The van der Waals surface area contributed by atoms with Gasteiger partial charge in [0.05, 0.1) is 6.04 Å². The van der Waals surface area contributed by atoms with E-state index in [0.717, 1.165) is 11.1 Å². The molecule has 1 heterocycles. The van der Waals surface area contributed by atoms with Crippen molar-refractivity contribution in [2.75, 3.05) is 0 Å². The normalized spacial score (nSPS) is 19.7. The van der Waals surface area contributed by atoms with E-state index in [1.54, 1.807) is 0 Å². The van der Waals surface area contributed by atoms with Crippen molar-refractivity contribution in [2.24, 2.45) is 5.73 Å². The van der Waals surface area contributed by atoms with Gasteiger partial charge >= 0.3 is 5.97 Å². The molecule has 0 saturated heterocycles. The van der Waals surface area contributed by atoms with Gasteiger partial charge in [0.1, 0.15) is 6.04 Å². The van der Waals surface area contributed by atoms with Crippen LogP contribution < -0.4 is 5.73 Å². The quantitative estimate of drug-likeness (QED) is 0.842. The minimum Gasteiger partial charge on any atom is -0.480 e. The lowest BCUT2D eigenvalue weighted by molar-refractivity contribution is -0.152. The Morgan fingerprint density at radius 2 is 2.05 bits per heavy atom. The lowest BCUT2D eigenvalue weighted by atomic mass is 9.93. The summed E-state index contributed by atoms with van der Waals surface area (Å²) in [6.45, 7) is 2.13. The second-order valence-electron chi connectivity index (χ2n) is 4.81. The fourth-order valence-corrected chi connectivity index (χ4v) is 2.36. The van der Waals surface area contributed by atoms with Gasteiger partial charge in [0, 0.05) is 13.0 Å². The highest BCUT2D eigenvalue weighted by atomic mass is 16.4. The van der Waals surface area contributed by atoms with Crippen LogP contribution in [0.1, 0.15) is 24.5 Å². The molecule has 0 aromatic heterocycles. The maximum Gasteiger partial charge on any atom is 0.326 e. The Bertz CT molecular complexity index is 501. The summed E-state index contributed by atoms with van der Waals surface area (Å²) in [7, 11) is 0. The predicted molar refractivity (Wildman–Crippen MR) is 70.4 cm³/mol. The summed E-state index contributed by atoms with van der Waals surface area (Å²) in [5, 5.41) is 9.30. The summed E-state index contributed by atoms with van der Waals surface area (Å²) < 4.78 is 0. The van der Waals surface area contributed by atoms with Crippen LogP contribution in [0.25, 0.3) is 0 Å². The van der Waals surface area contributed by atoms with E-state index in [0.29, 0.717) is 19.4 Å². The molecule has 1 aromatic rings. The number of rotatable bonds is 3. The molecule has 0 radical (unpaired) electrons. The van der Waals surface area contributed by atoms with Crippen molar-refractivity contribution >= 4 is 11.9 Å². The van der Waals surface area contributed by atoms with Crippen LogP contribution in [-0.4, -0.2) is 34.0 Å². The van der Waals surface area contributed by atoms with Crippen LogP contribution in [-0.2, 0) is 22.6 Å². The molecule has 1 aliphatic heterocycles. The summed E-state index contributed by atoms with van der Waals surface area (Å²) in [5.74, 6) is -1.27. The molecule has 2 atom stereocenters. The number of benzene rings is 1. The number of fused-ring (bicyclic) bond motifs is 1. The van der Waals surface area contributed by atoms with Gasteiger partial charge in [-0.15, -0.1) is 0 Å². The number of amides is 1. The predicted octanol–water partition coefficient (Wildman–Crippen LogP) is 0.762. The van der Waals surface area contributed by atoms with Crippen molar-refractivity contribution in [1.29, 1.82) is 0 Å². The Morgan fingerprint density at radius 1 is 1.42 bits per heavy atom. The molecule has 0 bridgehead atoms. The smallest absolute Gasteiger partial charge is 0.326 e. The van der Waals surface area contributed by atoms with Gasteiger partial charge < -0.3 is 15.7 Å². The van der Waals surface area contributed by atoms with Crippen molar-refractivity contribution in [3.63, 3.8) is 0 Å². The largest absolute Gasteiger partial charge is 0.480 e. The summed E-state index contributed by atoms with van der Waals surface area (Å²) in [6.07, 6.45) is 0.844. The number of carbonyl (C=O) groups is 2. The van der Waals surface area contributed by atoms with Gasteiger partial charge in [-0.2, -0.15) is 0 Å². The van der Waals surface area contributed by atoms with Gasteiger partial charge in [-0.3, -0.25) is 4.79 Å². The monoisotopic (exact) mass is 262 g/mol. The van der Waals surface area contributed by atoms with E-state index in [9.17, 15) is 14.7 Å². The van der Waals surface area contributed by atoms with E-state index in [-0.39, 0.29) is 5.91 Å². The number of hydrogen-bond acceptors (Lipinski definition) is 3. The Kier molecular flexibility index (Phi) is 3.85. The topological polar surface area (TPSA) is 83.6 Å². The molecule has 0 aliphatic carbocycles. The van der Waals surface area contributed by atoms with E-state index in [2.05, 4.69) is 0 Å². The molecule has 0 saturated carbocycles. The third-order valence-electron chi connectivity index (χ3n) is 3.57. The van der Waals surface area contributed by atoms with E-state index in [4.69, 9.17) is 5.73 Å². The molecule has 102 valence electrons. The summed E-state index contributed by atoms with van der Waals surface area (Å²) in [5.41, 5.74) is 7.73. The first kappa shape index (κ1) is 13.5. The molecule has 19 heavy (non-hydrogen) atoms.